The zero-order valence-corrected chi connectivity index (χ0v) is 19.1. The summed E-state index contributed by atoms with van der Waals surface area (Å²) in [5.41, 5.74) is 1.02. The average molecular weight is 489 g/mol. The number of fused-ring (bicyclic) bond motifs is 1. The van der Waals surface area contributed by atoms with E-state index in [4.69, 9.17) is 21.1 Å². The van der Waals surface area contributed by atoms with Crippen LogP contribution in [0.3, 0.4) is 0 Å². The Hall–Kier alpha value is -3.50. The number of nitrogens with one attached hydrogen (secondary N) is 3. The predicted molar refractivity (Wildman–Crippen MR) is 126 cm³/mol. The van der Waals surface area contributed by atoms with Crippen molar-refractivity contribution in [3.05, 3.63) is 65.8 Å². The van der Waals surface area contributed by atoms with Crippen LogP contribution in [-0.4, -0.2) is 38.6 Å². The van der Waals surface area contributed by atoms with Crippen LogP contribution in [0.25, 0.3) is 0 Å². The van der Waals surface area contributed by atoms with Gasteiger partial charge < -0.3 is 20.1 Å². The standard InChI is InChI=1S/C22H21ClN4O5S/c1-14(22(28)26-21-9-2-15(23)13-24-21)25-16-3-5-17(6-4-16)27-33(29,30)18-7-8-19-20(12-18)32-11-10-31-19/h2-9,12-14,25,27H,10-11H2,1H3,(H,24,26,28)/t14-/m1/s1. The number of sulfonamides is 1. The molecule has 0 aliphatic carbocycles. The largest absolute Gasteiger partial charge is 0.486 e. The molecule has 1 aliphatic rings. The first-order valence-corrected chi connectivity index (χ1v) is 11.9. The van der Waals surface area contributed by atoms with Gasteiger partial charge in [0.05, 0.1) is 9.92 Å². The maximum absolute atomic E-state index is 12.7. The van der Waals surface area contributed by atoms with Crippen molar-refractivity contribution in [2.45, 2.75) is 17.9 Å². The Morgan fingerprint density at radius 3 is 2.39 bits per heavy atom. The number of pyridine rings is 1. The fourth-order valence-corrected chi connectivity index (χ4v) is 4.22. The molecule has 0 unspecified atom stereocenters. The third-order valence-electron chi connectivity index (χ3n) is 4.72. The van der Waals surface area contributed by atoms with Crippen molar-refractivity contribution >= 4 is 44.7 Å². The predicted octanol–water partition coefficient (Wildman–Crippen LogP) is 3.75. The van der Waals surface area contributed by atoms with Crippen molar-refractivity contribution in [3.8, 4) is 11.5 Å². The second kappa shape index (κ2) is 9.55. The maximum Gasteiger partial charge on any atom is 0.262 e. The highest BCUT2D eigenvalue weighted by molar-refractivity contribution is 7.92. The minimum absolute atomic E-state index is 0.0649. The van der Waals surface area contributed by atoms with E-state index in [-0.39, 0.29) is 10.8 Å². The first kappa shape index (κ1) is 22.7. The van der Waals surface area contributed by atoms with E-state index >= 15 is 0 Å². The fourth-order valence-electron chi connectivity index (χ4n) is 3.04. The summed E-state index contributed by atoms with van der Waals surface area (Å²) in [6.45, 7) is 2.49. The third kappa shape index (κ3) is 5.65. The molecular weight excluding hydrogens is 468 g/mol. The summed E-state index contributed by atoms with van der Waals surface area (Å²) in [7, 11) is -3.82. The highest BCUT2D eigenvalue weighted by atomic mass is 35.5. The molecule has 33 heavy (non-hydrogen) atoms. The Bertz CT molecular complexity index is 1250. The molecule has 172 valence electrons. The Kier molecular flexibility index (Phi) is 6.57. The van der Waals surface area contributed by atoms with E-state index in [1.165, 1.54) is 18.3 Å². The van der Waals surface area contributed by atoms with Gasteiger partial charge in [0.1, 0.15) is 25.1 Å². The van der Waals surface area contributed by atoms with Gasteiger partial charge in [0.2, 0.25) is 5.91 Å². The molecule has 1 aromatic heterocycles. The molecule has 4 rings (SSSR count). The second-order valence-corrected chi connectivity index (χ2v) is 9.32. The van der Waals surface area contributed by atoms with Crippen LogP contribution in [0, 0.1) is 0 Å². The zero-order chi connectivity index (χ0) is 23.4. The lowest BCUT2D eigenvalue weighted by molar-refractivity contribution is -0.116. The number of aromatic nitrogens is 1. The molecule has 9 nitrogen and oxygen atoms in total. The van der Waals surface area contributed by atoms with Gasteiger partial charge in [0, 0.05) is 23.6 Å². The van der Waals surface area contributed by atoms with Crippen molar-refractivity contribution in [3.63, 3.8) is 0 Å². The minimum atomic E-state index is -3.82. The Morgan fingerprint density at radius 2 is 1.70 bits per heavy atom. The minimum Gasteiger partial charge on any atom is -0.486 e. The number of halogens is 1. The van der Waals surface area contributed by atoms with E-state index in [9.17, 15) is 13.2 Å². The number of carbonyl (C=O) groups is 1. The van der Waals surface area contributed by atoms with E-state index in [0.717, 1.165) is 0 Å². The number of nitrogens with zero attached hydrogens (tertiary/aromatic N) is 1. The fraction of sp³-hybridized carbons (Fsp3) is 0.182. The topological polar surface area (TPSA) is 119 Å². The molecule has 3 aromatic rings. The summed E-state index contributed by atoms with van der Waals surface area (Å²) in [5.74, 6) is 1.01. The van der Waals surface area contributed by atoms with Gasteiger partial charge in [-0.1, -0.05) is 11.6 Å². The lowest BCUT2D eigenvalue weighted by Gasteiger charge is -2.19. The monoisotopic (exact) mass is 488 g/mol. The SMILES string of the molecule is C[C@@H](Nc1ccc(NS(=O)(=O)c2ccc3c(c2)OCCO3)cc1)C(=O)Nc1ccc(Cl)cn1. The van der Waals surface area contributed by atoms with Crippen LogP contribution in [0.2, 0.25) is 5.02 Å². The van der Waals surface area contributed by atoms with Crippen LogP contribution in [0.15, 0.2) is 65.7 Å². The molecule has 0 spiro atoms. The molecule has 0 bridgehead atoms. The highest BCUT2D eigenvalue weighted by Gasteiger charge is 2.20. The van der Waals surface area contributed by atoms with Crippen molar-refractivity contribution in [1.82, 2.24) is 4.98 Å². The van der Waals surface area contributed by atoms with Gasteiger partial charge in [-0.15, -0.1) is 0 Å². The van der Waals surface area contributed by atoms with Crippen LogP contribution >= 0.6 is 11.6 Å². The molecule has 2 heterocycles. The number of ether oxygens (including phenoxy) is 2. The molecule has 2 aromatic carbocycles. The molecule has 0 radical (unpaired) electrons. The number of benzene rings is 2. The van der Waals surface area contributed by atoms with E-state index in [0.29, 0.717) is 46.9 Å². The Morgan fingerprint density at radius 1 is 1.00 bits per heavy atom. The number of anilines is 3. The number of rotatable bonds is 7. The molecule has 0 fully saturated rings. The average Bonchev–Trinajstić information content (AvgIpc) is 2.81. The summed E-state index contributed by atoms with van der Waals surface area (Å²) < 4.78 is 38.9. The van der Waals surface area contributed by atoms with E-state index in [2.05, 4.69) is 20.3 Å². The van der Waals surface area contributed by atoms with Crippen molar-refractivity contribution in [2.75, 3.05) is 28.6 Å². The molecule has 1 atom stereocenters. The summed E-state index contributed by atoms with van der Waals surface area (Å²) in [6, 6.07) is 13.7. The molecule has 0 saturated carbocycles. The Balaban J connectivity index is 1.37. The van der Waals surface area contributed by atoms with Gasteiger partial charge >= 0.3 is 0 Å². The first-order chi connectivity index (χ1) is 15.8. The first-order valence-electron chi connectivity index (χ1n) is 10.0. The molecule has 11 heteroatoms. The van der Waals surface area contributed by atoms with Gasteiger partial charge in [-0.2, -0.15) is 0 Å². The van der Waals surface area contributed by atoms with Gasteiger partial charge in [-0.05, 0) is 55.5 Å². The normalized spacial score (nSPS) is 13.6. The quantitative estimate of drug-likeness (QED) is 0.463. The summed E-state index contributed by atoms with van der Waals surface area (Å²) in [6.07, 6.45) is 1.44. The Labute approximate surface area is 196 Å². The van der Waals surface area contributed by atoms with Gasteiger partial charge in [0.15, 0.2) is 11.5 Å². The van der Waals surface area contributed by atoms with Crippen LogP contribution in [0.5, 0.6) is 11.5 Å². The highest BCUT2D eigenvalue weighted by Crippen LogP contribution is 2.32. The zero-order valence-electron chi connectivity index (χ0n) is 17.5. The number of carbonyl (C=O) groups excluding carboxylic acids is 1. The van der Waals surface area contributed by atoms with Crippen molar-refractivity contribution in [1.29, 1.82) is 0 Å². The van der Waals surface area contributed by atoms with Crippen molar-refractivity contribution in [2.24, 2.45) is 0 Å². The lowest BCUT2D eigenvalue weighted by atomic mass is 10.2. The number of hydrogen-bond acceptors (Lipinski definition) is 7. The molecule has 0 saturated heterocycles. The van der Waals surface area contributed by atoms with Crippen molar-refractivity contribution < 1.29 is 22.7 Å². The lowest BCUT2D eigenvalue weighted by Crippen LogP contribution is -2.32. The van der Waals surface area contributed by atoms with Crippen LogP contribution < -0.4 is 24.8 Å². The van der Waals surface area contributed by atoms with Gasteiger partial charge in [-0.3, -0.25) is 9.52 Å². The van der Waals surface area contributed by atoms with Crippen LogP contribution in [0.1, 0.15) is 6.92 Å². The summed E-state index contributed by atoms with van der Waals surface area (Å²) in [4.78, 5) is 16.5. The maximum atomic E-state index is 12.7. The number of hydrogen-bond donors (Lipinski definition) is 3. The molecule has 1 aliphatic heterocycles. The molecule has 3 N–H and O–H groups in total. The van der Waals surface area contributed by atoms with Gasteiger partial charge in [-0.25, -0.2) is 13.4 Å². The van der Waals surface area contributed by atoms with E-state index in [1.54, 1.807) is 49.4 Å². The third-order valence-corrected chi connectivity index (χ3v) is 6.32. The second-order valence-electron chi connectivity index (χ2n) is 7.21. The van der Waals surface area contributed by atoms with Crippen LogP contribution in [0.4, 0.5) is 17.2 Å². The summed E-state index contributed by atoms with van der Waals surface area (Å²) >= 11 is 5.79. The van der Waals surface area contributed by atoms with Crippen LogP contribution in [-0.2, 0) is 14.8 Å². The van der Waals surface area contributed by atoms with Gasteiger partial charge in [0.25, 0.3) is 10.0 Å². The van der Waals surface area contributed by atoms with E-state index in [1.807, 2.05) is 0 Å². The van der Waals surface area contributed by atoms with E-state index < -0.39 is 16.1 Å². The summed E-state index contributed by atoms with van der Waals surface area (Å²) in [5, 5.41) is 6.22. The number of amides is 1. The smallest absolute Gasteiger partial charge is 0.262 e. The molecule has 1 amide bonds. The molecular formula is C22H21ClN4O5S.